The molecule has 1 amide bonds. The lowest BCUT2D eigenvalue weighted by molar-refractivity contribution is -0.138. The summed E-state index contributed by atoms with van der Waals surface area (Å²) in [5.41, 5.74) is 7.06. The molecule has 33 heavy (non-hydrogen) atoms. The standard InChI is InChI=1S/C26H24N2O5/c29-24(25(30)23(28-32)14-17-8-2-1-3-9-17)15-27-26(31)33-16-22-20-12-6-4-10-18(20)19-11-5-7-13-21(19)22/h1-13,22-23,28,32H,14-16H2,(H,27,31)/t23-/m0/s1. The Morgan fingerprint density at radius 2 is 1.42 bits per heavy atom. The van der Waals surface area contributed by atoms with Crippen LogP contribution in [0.5, 0.6) is 0 Å². The van der Waals surface area contributed by atoms with Crippen LogP contribution in [0.4, 0.5) is 4.79 Å². The number of alkyl carbamates (subject to hydrolysis) is 1. The summed E-state index contributed by atoms with van der Waals surface area (Å²) in [6.07, 6.45) is -0.637. The Morgan fingerprint density at radius 3 is 2.03 bits per heavy atom. The van der Waals surface area contributed by atoms with Gasteiger partial charge >= 0.3 is 6.09 Å². The molecule has 0 heterocycles. The van der Waals surface area contributed by atoms with Gasteiger partial charge in [0.15, 0.2) is 0 Å². The van der Waals surface area contributed by atoms with Gasteiger partial charge in [0.25, 0.3) is 0 Å². The monoisotopic (exact) mass is 444 g/mol. The third kappa shape index (κ3) is 5.00. The number of carbonyl (C=O) groups excluding carboxylic acids is 3. The van der Waals surface area contributed by atoms with Crippen LogP contribution in [0.2, 0.25) is 0 Å². The van der Waals surface area contributed by atoms with Crippen molar-refractivity contribution in [1.82, 2.24) is 10.8 Å². The summed E-state index contributed by atoms with van der Waals surface area (Å²) >= 11 is 0. The van der Waals surface area contributed by atoms with E-state index in [1.54, 1.807) is 24.3 Å². The zero-order chi connectivity index (χ0) is 23.2. The van der Waals surface area contributed by atoms with Crippen molar-refractivity contribution in [2.24, 2.45) is 0 Å². The maximum Gasteiger partial charge on any atom is 0.407 e. The van der Waals surface area contributed by atoms with Crippen molar-refractivity contribution in [1.29, 1.82) is 0 Å². The number of carbonyl (C=O) groups is 3. The van der Waals surface area contributed by atoms with Gasteiger partial charge in [0.2, 0.25) is 11.6 Å². The molecule has 0 unspecified atom stereocenters. The number of ether oxygens (including phenoxy) is 1. The molecule has 1 aliphatic carbocycles. The molecule has 7 heteroatoms. The first-order chi connectivity index (χ1) is 16.1. The Morgan fingerprint density at radius 1 is 0.848 bits per heavy atom. The third-order valence-corrected chi connectivity index (χ3v) is 5.77. The summed E-state index contributed by atoms with van der Waals surface area (Å²) in [4.78, 5) is 36.8. The number of hydrogen-bond donors (Lipinski definition) is 3. The lowest BCUT2D eigenvalue weighted by atomic mass is 9.98. The highest BCUT2D eigenvalue weighted by Crippen LogP contribution is 2.44. The minimum Gasteiger partial charge on any atom is -0.449 e. The van der Waals surface area contributed by atoms with E-state index in [-0.39, 0.29) is 18.9 Å². The molecule has 7 nitrogen and oxygen atoms in total. The summed E-state index contributed by atoms with van der Waals surface area (Å²) in [5, 5.41) is 11.7. The normalized spacial score (nSPS) is 13.0. The average molecular weight is 444 g/mol. The molecule has 0 fully saturated rings. The Balaban J connectivity index is 1.31. The third-order valence-electron chi connectivity index (χ3n) is 5.77. The summed E-state index contributed by atoms with van der Waals surface area (Å²) in [5.74, 6) is -1.75. The molecule has 4 rings (SSSR count). The number of rotatable bonds is 9. The van der Waals surface area contributed by atoms with E-state index in [2.05, 4.69) is 5.32 Å². The van der Waals surface area contributed by atoms with E-state index in [0.29, 0.717) is 0 Å². The average Bonchev–Trinajstić information content (AvgIpc) is 3.18. The van der Waals surface area contributed by atoms with Gasteiger partial charge in [0, 0.05) is 5.92 Å². The van der Waals surface area contributed by atoms with Crippen molar-refractivity contribution >= 4 is 17.7 Å². The van der Waals surface area contributed by atoms with Crippen LogP contribution in [-0.2, 0) is 20.7 Å². The molecule has 0 aliphatic heterocycles. The highest BCUT2D eigenvalue weighted by Gasteiger charge is 2.29. The molecular weight excluding hydrogens is 420 g/mol. The molecular formula is C26H24N2O5. The second-order valence-corrected chi connectivity index (χ2v) is 7.84. The molecule has 0 bridgehead atoms. The predicted molar refractivity (Wildman–Crippen MR) is 122 cm³/mol. The van der Waals surface area contributed by atoms with Crippen LogP contribution in [0, 0.1) is 0 Å². The molecule has 3 aromatic carbocycles. The van der Waals surface area contributed by atoms with E-state index in [9.17, 15) is 19.6 Å². The lowest BCUT2D eigenvalue weighted by Crippen LogP contribution is -2.44. The molecule has 168 valence electrons. The van der Waals surface area contributed by atoms with E-state index < -0.39 is 30.2 Å². The Hall–Kier alpha value is -3.81. The van der Waals surface area contributed by atoms with Crippen LogP contribution in [0.3, 0.4) is 0 Å². The first-order valence-corrected chi connectivity index (χ1v) is 10.7. The van der Waals surface area contributed by atoms with Gasteiger partial charge in [-0.25, -0.2) is 4.79 Å². The first kappa shape index (κ1) is 22.4. The van der Waals surface area contributed by atoms with Crippen LogP contribution >= 0.6 is 0 Å². The van der Waals surface area contributed by atoms with Gasteiger partial charge in [-0.2, -0.15) is 5.48 Å². The van der Waals surface area contributed by atoms with Crippen molar-refractivity contribution in [2.75, 3.05) is 13.2 Å². The summed E-state index contributed by atoms with van der Waals surface area (Å²) in [7, 11) is 0. The van der Waals surface area contributed by atoms with E-state index in [0.717, 1.165) is 27.8 Å². The van der Waals surface area contributed by atoms with Crippen molar-refractivity contribution in [3.63, 3.8) is 0 Å². The van der Waals surface area contributed by atoms with Gasteiger partial charge in [-0.15, -0.1) is 0 Å². The molecule has 1 aliphatic rings. The zero-order valence-corrected chi connectivity index (χ0v) is 17.9. The largest absolute Gasteiger partial charge is 0.449 e. The fourth-order valence-electron chi connectivity index (χ4n) is 4.13. The van der Waals surface area contributed by atoms with Crippen molar-refractivity contribution in [3.8, 4) is 11.1 Å². The van der Waals surface area contributed by atoms with Gasteiger partial charge in [-0.1, -0.05) is 78.9 Å². The fourth-order valence-corrected chi connectivity index (χ4v) is 4.13. The number of ketones is 2. The molecule has 0 saturated carbocycles. The fraction of sp³-hybridized carbons (Fsp3) is 0.192. The lowest BCUT2D eigenvalue weighted by Gasteiger charge is -2.15. The van der Waals surface area contributed by atoms with Gasteiger partial charge in [-0.3, -0.25) is 9.59 Å². The van der Waals surface area contributed by atoms with Gasteiger partial charge in [0.1, 0.15) is 12.6 Å². The maximum absolute atomic E-state index is 12.4. The minimum atomic E-state index is -1.09. The van der Waals surface area contributed by atoms with E-state index in [1.165, 1.54) is 0 Å². The smallest absolute Gasteiger partial charge is 0.407 e. The van der Waals surface area contributed by atoms with Crippen LogP contribution in [0.25, 0.3) is 11.1 Å². The highest BCUT2D eigenvalue weighted by atomic mass is 16.5. The molecule has 0 aromatic heterocycles. The SMILES string of the molecule is O=C(NCC(=O)C(=O)[C@H](Cc1ccccc1)NO)OCC1c2ccccc2-c2ccccc21. The molecule has 1 atom stereocenters. The molecule has 0 spiro atoms. The van der Waals surface area contributed by atoms with Crippen LogP contribution in [0.1, 0.15) is 22.6 Å². The summed E-state index contributed by atoms with van der Waals surface area (Å²) < 4.78 is 5.37. The summed E-state index contributed by atoms with van der Waals surface area (Å²) in [6.45, 7) is -0.403. The van der Waals surface area contributed by atoms with Crippen LogP contribution in [-0.4, -0.2) is 42.1 Å². The molecule has 3 aromatic rings. The number of benzene rings is 3. The zero-order valence-electron chi connectivity index (χ0n) is 17.9. The van der Waals surface area contributed by atoms with Crippen LogP contribution < -0.4 is 10.8 Å². The van der Waals surface area contributed by atoms with Gasteiger partial charge in [0.05, 0.1) is 6.54 Å². The van der Waals surface area contributed by atoms with Crippen molar-refractivity contribution in [2.45, 2.75) is 18.4 Å². The molecule has 0 radical (unpaired) electrons. The Bertz CT molecular complexity index is 1120. The molecule has 0 saturated heterocycles. The number of nitrogens with one attached hydrogen (secondary N) is 2. The van der Waals surface area contributed by atoms with Gasteiger partial charge < -0.3 is 15.3 Å². The number of fused-ring (bicyclic) bond motifs is 3. The second-order valence-electron chi connectivity index (χ2n) is 7.84. The van der Waals surface area contributed by atoms with Crippen LogP contribution in [0.15, 0.2) is 78.9 Å². The van der Waals surface area contributed by atoms with E-state index in [4.69, 9.17) is 4.74 Å². The molecule has 3 N–H and O–H groups in total. The Kier molecular flexibility index (Phi) is 6.92. The number of hydrogen-bond acceptors (Lipinski definition) is 6. The minimum absolute atomic E-state index is 0.102. The van der Waals surface area contributed by atoms with E-state index >= 15 is 0 Å². The van der Waals surface area contributed by atoms with Gasteiger partial charge in [-0.05, 0) is 34.2 Å². The van der Waals surface area contributed by atoms with E-state index in [1.807, 2.05) is 60.1 Å². The number of hydroxylamine groups is 1. The maximum atomic E-state index is 12.4. The number of Topliss-reactive ketones (excluding diaryl/α,β-unsaturated/α-hetero) is 2. The first-order valence-electron chi connectivity index (χ1n) is 10.7. The topological polar surface area (TPSA) is 105 Å². The van der Waals surface area contributed by atoms with Crippen molar-refractivity contribution < 1.29 is 24.3 Å². The summed E-state index contributed by atoms with van der Waals surface area (Å²) in [6, 6.07) is 23.9. The van der Waals surface area contributed by atoms with Crippen molar-refractivity contribution in [3.05, 3.63) is 95.6 Å². The Labute approximate surface area is 191 Å². The number of amides is 1. The quantitative estimate of drug-likeness (QED) is 0.346. The predicted octanol–water partition coefficient (Wildman–Crippen LogP) is 3.25. The highest BCUT2D eigenvalue weighted by molar-refractivity contribution is 6.40. The second kappa shape index (κ2) is 10.2.